The van der Waals surface area contributed by atoms with Gasteiger partial charge >= 0.3 is 0 Å². The lowest BCUT2D eigenvalue weighted by molar-refractivity contribution is -0.116. The van der Waals surface area contributed by atoms with E-state index < -0.39 is 5.91 Å². The molecule has 4 N–H and O–H groups in total. The molecule has 0 bridgehead atoms. The van der Waals surface area contributed by atoms with Crippen molar-refractivity contribution in [2.45, 2.75) is 6.54 Å². The van der Waals surface area contributed by atoms with E-state index in [1.165, 1.54) is 0 Å². The first kappa shape index (κ1) is 12.0. The number of primary amides is 1. The number of carbonyl (C=O) groups is 1. The van der Waals surface area contributed by atoms with E-state index in [-0.39, 0.29) is 6.54 Å². The highest BCUT2D eigenvalue weighted by Crippen LogP contribution is 2.19. The Kier molecular flexibility index (Phi) is 3.86. The molecule has 0 saturated carbocycles. The summed E-state index contributed by atoms with van der Waals surface area (Å²) in [5.41, 5.74) is 12.6. The number of hydrogen-bond donors (Lipinski definition) is 2. The zero-order valence-corrected chi connectivity index (χ0v) is 9.10. The van der Waals surface area contributed by atoms with E-state index in [4.69, 9.17) is 16.7 Å². The van der Waals surface area contributed by atoms with Crippen molar-refractivity contribution in [3.05, 3.63) is 29.3 Å². The van der Waals surface area contributed by atoms with E-state index in [1.54, 1.807) is 24.1 Å². The second-order valence-corrected chi connectivity index (χ2v) is 3.49. The van der Waals surface area contributed by atoms with Gasteiger partial charge in [0.15, 0.2) is 0 Å². The van der Waals surface area contributed by atoms with E-state index in [0.29, 0.717) is 17.8 Å². The summed E-state index contributed by atoms with van der Waals surface area (Å²) in [4.78, 5) is 12.4. The minimum Gasteiger partial charge on any atom is -0.368 e. The third-order valence-electron chi connectivity index (χ3n) is 2.22. The molecule has 0 unspecified atom stereocenters. The van der Waals surface area contributed by atoms with Gasteiger partial charge in [0.05, 0.1) is 17.8 Å². The standard InChI is InChI=1S/C11H14N4O/c1-15(7-11(14)16)10-3-2-8(5-12)4-9(10)6-13/h2-4H,5,7,12H2,1H3,(H2,14,16). The zero-order chi connectivity index (χ0) is 12.1. The number of nitriles is 1. The maximum absolute atomic E-state index is 10.8. The Morgan fingerprint density at radius 1 is 1.56 bits per heavy atom. The van der Waals surface area contributed by atoms with Gasteiger partial charge in [-0.3, -0.25) is 4.79 Å². The number of likely N-dealkylation sites (N-methyl/N-ethyl adjacent to an activating group) is 1. The zero-order valence-electron chi connectivity index (χ0n) is 9.10. The summed E-state index contributed by atoms with van der Waals surface area (Å²) in [7, 11) is 1.71. The molecule has 0 aliphatic heterocycles. The van der Waals surface area contributed by atoms with Crippen molar-refractivity contribution >= 4 is 11.6 Å². The molecule has 84 valence electrons. The summed E-state index contributed by atoms with van der Waals surface area (Å²) in [6.45, 7) is 0.463. The molecular weight excluding hydrogens is 204 g/mol. The van der Waals surface area contributed by atoms with Crippen LogP contribution in [0.4, 0.5) is 5.69 Å². The van der Waals surface area contributed by atoms with Crippen LogP contribution in [0.15, 0.2) is 18.2 Å². The van der Waals surface area contributed by atoms with E-state index in [1.807, 2.05) is 6.07 Å². The van der Waals surface area contributed by atoms with E-state index in [9.17, 15) is 4.79 Å². The average molecular weight is 218 g/mol. The molecule has 0 spiro atoms. The molecule has 0 radical (unpaired) electrons. The second-order valence-electron chi connectivity index (χ2n) is 3.49. The molecule has 5 heteroatoms. The van der Waals surface area contributed by atoms with Crippen LogP contribution in [0.5, 0.6) is 0 Å². The Hall–Kier alpha value is -2.06. The number of rotatable bonds is 4. The van der Waals surface area contributed by atoms with Crippen molar-refractivity contribution in [3.8, 4) is 6.07 Å². The topological polar surface area (TPSA) is 96.1 Å². The molecule has 1 amide bonds. The van der Waals surface area contributed by atoms with Gasteiger partial charge in [-0.2, -0.15) is 5.26 Å². The summed E-state index contributed by atoms with van der Waals surface area (Å²) in [5.74, 6) is -0.436. The highest BCUT2D eigenvalue weighted by atomic mass is 16.1. The molecular formula is C11H14N4O. The highest BCUT2D eigenvalue weighted by Gasteiger charge is 2.09. The van der Waals surface area contributed by atoms with Gasteiger partial charge in [-0.1, -0.05) is 6.07 Å². The predicted molar refractivity (Wildman–Crippen MR) is 61.5 cm³/mol. The lowest BCUT2D eigenvalue weighted by atomic mass is 10.1. The molecule has 0 aliphatic carbocycles. The molecule has 0 aromatic heterocycles. The number of anilines is 1. The fourth-order valence-corrected chi connectivity index (χ4v) is 1.45. The molecule has 0 heterocycles. The summed E-state index contributed by atoms with van der Waals surface area (Å²) in [5, 5.41) is 8.99. The van der Waals surface area contributed by atoms with Crippen LogP contribution in [0.3, 0.4) is 0 Å². The Morgan fingerprint density at radius 3 is 2.75 bits per heavy atom. The maximum Gasteiger partial charge on any atom is 0.236 e. The van der Waals surface area contributed by atoms with Crippen LogP contribution in [-0.4, -0.2) is 19.5 Å². The van der Waals surface area contributed by atoms with Gasteiger partial charge in [-0.15, -0.1) is 0 Å². The molecule has 5 nitrogen and oxygen atoms in total. The highest BCUT2D eigenvalue weighted by molar-refractivity contribution is 5.80. The van der Waals surface area contributed by atoms with Crippen molar-refractivity contribution in [2.24, 2.45) is 11.5 Å². The molecule has 0 aliphatic rings. The van der Waals surface area contributed by atoms with Crippen molar-refractivity contribution in [2.75, 3.05) is 18.5 Å². The van der Waals surface area contributed by atoms with Crippen LogP contribution in [0, 0.1) is 11.3 Å². The number of hydrogen-bond acceptors (Lipinski definition) is 4. The third kappa shape index (κ3) is 2.72. The largest absolute Gasteiger partial charge is 0.368 e. The van der Waals surface area contributed by atoms with Gasteiger partial charge < -0.3 is 16.4 Å². The van der Waals surface area contributed by atoms with E-state index in [2.05, 4.69) is 6.07 Å². The molecule has 1 aromatic carbocycles. The Balaban J connectivity index is 3.04. The molecule has 0 atom stereocenters. The lowest BCUT2D eigenvalue weighted by Gasteiger charge is -2.18. The third-order valence-corrected chi connectivity index (χ3v) is 2.22. The van der Waals surface area contributed by atoms with Crippen molar-refractivity contribution in [3.63, 3.8) is 0 Å². The quantitative estimate of drug-likeness (QED) is 0.739. The lowest BCUT2D eigenvalue weighted by Crippen LogP contribution is -2.31. The van der Waals surface area contributed by atoms with Crippen LogP contribution in [0.2, 0.25) is 0 Å². The van der Waals surface area contributed by atoms with Gasteiger partial charge in [0.25, 0.3) is 0 Å². The SMILES string of the molecule is CN(CC(N)=O)c1ccc(CN)cc1C#N. The van der Waals surface area contributed by atoms with Crippen molar-refractivity contribution in [1.29, 1.82) is 5.26 Å². The Bertz CT molecular complexity index is 436. The van der Waals surface area contributed by atoms with Crippen LogP contribution in [-0.2, 0) is 11.3 Å². The minimum absolute atomic E-state index is 0.0800. The van der Waals surface area contributed by atoms with Gasteiger partial charge in [-0.25, -0.2) is 0 Å². The maximum atomic E-state index is 10.8. The predicted octanol–water partition coefficient (Wildman–Crippen LogP) is -0.0615. The number of amides is 1. The van der Waals surface area contributed by atoms with Crippen LogP contribution >= 0.6 is 0 Å². The molecule has 16 heavy (non-hydrogen) atoms. The smallest absolute Gasteiger partial charge is 0.236 e. The average Bonchev–Trinajstić information content (AvgIpc) is 2.27. The number of nitrogens with zero attached hydrogens (tertiary/aromatic N) is 2. The summed E-state index contributed by atoms with van der Waals surface area (Å²) in [6, 6.07) is 7.38. The molecule has 1 aromatic rings. The number of nitrogens with two attached hydrogens (primary N) is 2. The first-order chi connectivity index (χ1) is 7.58. The van der Waals surface area contributed by atoms with Gasteiger partial charge in [0.2, 0.25) is 5.91 Å². The summed E-state index contributed by atoms with van der Waals surface area (Å²) >= 11 is 0. The second kappa shape index (κ2) is 5.14. The van der Waals surface area contributed by atoms with Crippen LogP contribution in [0.25, 0.3) is 0 Å². The minimum atomic E-state index is -0.436. The Labute approximate surface area is 94.2 Å². The van der Waals surface area contributed by atoms with Crippen molar-refractivity contribution in [1.82, 2.24) is 0 Å². The van der Waals surface area contributed by atoms with Crippen LogP contribution in [0.1, 0.15) is 11.1 Å². The molecule has 1 rings (SSSR count). The number of benzene rings is 1. The van der Waals surface area contributed by atoms with Gasteiger partial charge in [-0.05, 0) is 17.7 Å². The van der Waals surface area contributed by atoms with E-state index >= 15 is 0 Å². The summed E-state index contributed by atoms with van der Waals surface area (Å²) < 4.78 is 0. The number of carbonyl (C=O) groups excluding carboxylic acids is 1. The fourth-order valence-electron chi connectivity index (χ4n) is 1.45. The van der Waals surface area contributed by atoms with Gasteiger partial charge in [0, 0.05) is 13.6 Å². The first-order valence-electron chi connectivity index (χ1n) is 4.81. The molecule has 0 fully saturated rings. The van der Waals surface area contributed by atoms with Crippen molar-refractivity contribution < 1.29 is 4.79 Å². The first-order valence-corrected chi connectivity index (χ1v) is 4.81. The summed E-state index contributed by atoms with van der Waals surface area (Å²) in [6.07, 6.45) is 0. The Morgan fingerprint density at radius 2 is 2.25 bits per heavy atom. The monoisotopic (exact) mass is 218 g/mol. The molecule has 0 saturated heterocycles. The fraction of sp³-hybridized carbons (Fsp3) is 0.273. The normalized spacial score (nSPS) is 9.56. The van der Waals surface area contributed by atoms with E-state index in [0.717, 1.165) is 5.56 Å². The van der Waals surface area contributed by atoms with Gasteiger partial charge in [0.1, 0.15) is 6.07 Å². The van der Waals surface area contributed by atoms with Crippen LogP contribution < -0.4 is 16.4 Å².